The minimum Gasteiger partial charge on any atom is -0.493 e. The third-order valence-corrected chi connectivity index (χ3v) is 3.30. The lowest BCUT2D eigenvalue weighted by Gasteiger charge is -2.11. The van der Waals surface area contributed by atoms with Gasteiger partial charge in [0.15, 0.2) is 11.5 Å². The SMILES string of the molecule is COc1ccc(NC(=O)C(=O)Nc2ccc(C)cc2N)cc1OC. The van der Waals surface area contributed by atoms with Crippen molar-refractivity contribution in [1.82, 2.24) is 0 Å². The third-order valence-electron chi connectivity index (χ3n) is 3.30. The van der Waals surface area contributed by atoms with Crippen LogP contribution in [0.1, 0.15) is 5.56 Å². The van der Waals surface area contributed by atoms with Crippen LogP contribution in [0.25, 0.3) is 0 Å². The van der Waals surface area contributed by atoms with Gasteiger partial charge < -0.3 is 25.8 Å². The highest BCUT2D eigenvalue weighted by molar-refractivity contribution is 6.43. The monoisotopic (exact) mass is 329 g/mol. The van der Waals surface area contributed by atoms with E-state index in [0.29, 0.717) is 28.6 Å². The number of ether oxygens (including phenoxy) is 2. The van der Waals surface area contributed by atoms with Gasteiger partial charge in [0, 0.05) is 11.8 Å². The number of amides is 2. The van der Waals surface area contributed by atoms with Gasteiger partial charge in [0.2, 0.25) is 0 Å². The Bertz CT molecular complexity index is 774. The van der Waals surface area contributed by atoms with E-state index in [-0.39, 0.29) is 0 Å². The molecule has 0 aliphatic carbocycles. The molecule has 0 saturated carbocycles. The first-order valence-electron chi connectivity index (χ1n) is 7.15. The minimum absolute atomic E-state index is 0.382. The molecule has 0 bridgehead atoms. The summed E-state index contributed by atoms with van der Waals surface area (Å²) < 4.78 is 10.3. The Labute approximate surface area is 139 Å². The molecular formula is C17H19N3O4. The van der Waals surface area contributed by atoms with Crippen LogP contribution in [0.15, 0.2) is 36.4 Å². The maximum absolute atomic E-state index is 12.0. The van der Waals surface area contributed by atoms with Crippen LogP contribution < -0.4 is 25.8 Å². The molecule has 7 nitrogen and oxygen atoms in total. The molecule has 0 aromatic heterocycles. The van der Waals surface area contributed by atoms with Crippen molar-refractivity contribution in [2.45, 2.75) is 6.92 Å². The summed E-state index contributed by atoms with van der Waals surface area (Å²) in [4.78, 5) is 24.0. The second kappa shape index (κ2) is 7.36. The van der Waals surface area contributed by atoms with Gasteiger partial charge in [-0.05, 0) is 36.8 Å². The summed E-state index contributed by atoms with van der Waals surface area (Å²) in [5.41, 5.74) is 7.95. The molecule has 4 N–H and O–H groups in total. The summed E-state index contributed by atoms with van der Waals surface area (Å²) in [6, 6.07) is 9.94. The standard InChI is InChI=1S/C17H19N3O4/c1-10-4-6-13(12(18)8-10)20-17(22)16(21)19-11-5-7-14(23-2)15(9-11)24-3/h4-9H,18H2,1-3H3,(H,19,21)(H,20,22). The van der Waals surface area contributed by atoms with E-state index >= 15 is 0 Å². The number of anilines is 3. The van der Waals surface area contributed by atoms with Crippen LogP contribution in [0.2, 0.25) is 0 Å². The maximum atomic E-state index is 12.0. The van der Waals surface area contributed by atoms with Crippen LogP contribution in [0.5, 0.6) is 11.5 Å². The quantitative estimate of drug-likeness (QED) is 0.589. The Kier molecular flexibility index (Phi) is 5.26. The zero-order valence-corrected chi connectivity index (χ0v) is 13.7. The van der Waals surface area contributed by atoms with Crippen molar-refractivity contribution < 1.29 is 19.1 Å². The largest absolute Gasteiger partial charge is 0.493 e. The second-order valence-electron chi connectivity index (χ2n) is 5.07. The molecule has 24 heavy (non-hydrogen) atoms. The van der Waals surface area contributed by atoms with Crippen molar-refractivity contribution in [3.8, 4) is 11.5 Å². The first-order valence-corrected chi connectivity index (χ1v) is 7.15. The molecular weight excluding hydrogens is 310 g/mol. The Morgan fingerprint density at radius 1 is 0.917 bits per heavy atom. The van der Waals surface area contributed by atoms with E-state index in [0.717, 1.165) is 5.56 Å². The highest BCUT2D eigenvalue weighted by Crippen LogP contribution is 2.29. The molecule has 0 atom stereocenters. The predicted molar refractivity (Wildman–Crippen MR) is 92.4 cm³/mol. The second-order valence-corrected chi connectivity index (χ2v) is 5.07. The van der Waals surface area contributed by atoms with Gasteiger partial charge in [-0.3, -0.25) is 9.59 Å². The Morgan fingerprint density at radius 2 is 1.58 bits per heavy atom. The minimum atomic E-state index is -0.819. The maximum Gasteiger partial charge on any atom is 0.314 e. The summed E-state index contributed by atoms with van der Waals surface area (Å²) >= 11 is 0. The van der Waals surface area contributed by atoms with E-state index in [1.54, 1.807) is 36.4 Å². The molecule has 7 heteroatoms. The lowest BCUT2D eigenvalue weighted by atomic mass is 10.2. The van der Waals surface area contributed by atoms with Crippen LogP contribution in [0.4, 0.5) is 17.1 Å². The van der Waals surface area contributed by atoms with E-state index in [1.165, 1.54) is 14.2 Å². The van der Waals surface area contributed by atoms with Crippen molar-refractivity contribution in [3.63, 3.8) is 0 Å². The Balaban J connectivity index is 2.07. The summed E-state index contributed by atoms with van der Waals surface area (Å²) in [7, 11) is 2.99. The number of hydrogen-bond donors (Lipinski definition) is 3. The van der Waals surface area contributed by atoms with Crippen molar-refractivity contribution in [3.05, 3.63) is 42.0 Å². The van der Waals surface area contributed by atoms with Gasteiger partial charge in [-0.15, -0.1) is 0 Å². The molecule has 0 unspecified atom stereocenters. The van der Waals surface area contributed by atoms with E-state index < -0.39 is 11.8 Å². The number of nitrogens with two attached hydrogens (primary N) is 1. The fourth-order valence-corrected chi connectivity index (χ4v) is 2.08. The van der Waals surface area contributed by atoms with E-state index in [2.05, 4.69) is 10.6 Å². The van der Waals surface area contributed by atoms with Crippen LogP contribution in [-0.2, 0) is 9.59 Å². The summed E-state index contributed by atoms with van der Waals surface area (Å²) in [6.45, 7) is 1.88. The molecule has 0 heterocycles. The molecule has 0 fully saturated rings. The van der Waals surface area contributed by atoms with Crippen molar-refractivity contribution >= 4 is 28.9 Å². The van der Waals surface area contributed by atoms with Gasteiger partial charge in [0.1, 0.15) is 0 Å². The molecule has 2 amide bonds. The van der Waals surface area contributed by atoms with Gasteiger partial charge in [-0.2, -0.15) is 0 Å². The molecule has 0 spiro atoms. The topological polar surface area (TPSA) is 103 Å². The molecule has 0 aliphatic rings. The number of nitrogen functional groups attached to an aromatic ring is 1. The third kappa shape index (κ3) is 3.95. The molecule has 0 radical (unpaired) electrons. The van der Waals surface area contributed by atoms with Crippen molar-refractivity contribution in [2.24, 2.45) is 0 Å². The average molecular weight is 329 g/mol. The molecule has 2 aromatic carbocycles. The number of carbonyl (C=O) groups excluding carboxylic acids is 2. The average Bonchev–Trinajstić information content (AvgIpc) is 2.57. The normalized spacial score (nSPS) is 9.96. The number of methoxy groups -OCH3 is 2. The van der Waals surface area contributed by atoms with Gasteiger partial charge in [-0.25, -0.2) is 0 Å². The highest BCUT2D eigenvalue weighted by Gasteiger charge is 2.16. The Hall–Kier alpha value is -3.22. The zero-order valence-electron chi connectivity index (χ0n) is 13.7. The molecule has 0 aliphatic heterocycles. The molecule has 0 saturated heterocycles. The van der Waals surface area contributed by atoms with Crippen LogP contribution in [0, 0.1) is 6.92 Å². The van der Waals surface area contributed by atoms with E-state index in [1.807, 2.05) is 6.92 Å². The molecule has 126 valence electrons. The number of aryl methyl sites for hydroxylation is 1. The first kappa shape index (κ1) is 17.1. The summed E-state index contributed by atoms with van der Waals surface area (Å²) in [5, 5.41) is 4.97. The predicted octanol–water partition coefficient (Wildman–Crippen LogP) is 2.17. The summed E-state index contributed by atoms with van der Waals surface area (Å²) in [5.74, 6) is -0.673. The van der Waals surface area contributed by atoms with Crippen molar-refractivity contribution in [1.29, 1.82) is 0 Å². The number of nitrogens with one attached hydrogen (secondary N) is 2. The van der Waals surface area contributed by atoms with Gasteiger partial charge >= 0.3 is 11.8 Å². The van der Waals surface area contributed by atoms with Crippen LogP contribution in [-0.4, -0.2) is 26.0 Å². The van der Waals surface area contributed by atoms with Crippen LogP contribution in [0.3, 0.4) is 0 Å². The van der Waals surface area contributed by atoms with E-state index in [9.17, 15) is 9.59 Å². The van der Waals surface area contributed by atoms with Gasteiger partial charge in [-0.1, -0.05) is 6.07 Å². The number of benzene rings is 2. The zero-order chi connectivity index (χ0) is 17.7. The van der Waals surface area contributed by atoms with Gasteiger partial charge in [0.25, 0.3) is 0 Å². The number of hydrogen-bond acceptors (Lipinski definition) is 5. The first-order chi connectivity index (χ1) is 11.4. The Morgan fingerprint density at radius 3 is 2.21 bits per heavy atom. The molecule has 2 rings (SSSR count). The number of rotatable bonds is 4. The van der Waals surface area contributed by atoms with Crippen molar-refractivity contribution in [2.75, 3.05) is 30.6 Å². The molecule has 2 aromatic rings. The van der Waals surface area contributed by atoms with Gasteiger partial charge in [0.05, 0.1) is 25.6 Å². The fraction of sp³-hybridized carbons (Fsp3) is 0.176. The van der Waals surface area contributed by atoms with E-state index in [4.69, 9.17) is 15.2 Å². The van der Waals surface area contributed by atoms with Crippen LogP contribution >= 0.6 is 0 Å². The highest BCUT2D eigenvalue weighted by atomic mass is 16.5. The summed E-state index contributed by atoms with van der Waals surface area (Å²) in [6.07, 6.45) is 0. The lowest BCUT2D eigenvalue weighted by molar-refractivity contribution is -0.132. The lowest BCUT2D eigenvalue weighted by Crippen LogP contribution is -2.29. The number of carbonyl (C=O) groups is 2. The smallest absolute Gasteiger partial charge is 0.314 e. The fourth-order valence-electron chi connectivity index (χ4n) is 2.08.